The fourth-order valence-electron chi connectivity index (χ4n) is 3.39. The van der Waals surface area contributed by atoms with Crippen LogP contribution in [0.2, 0.25) is 0 Å². The molecule has 0 spiro atoms. The lowest BCUT2D eigenvalue weighted by atomic mass is 10.1. The summed E-state index contributed by atoms with van der Waals surface area (Å²) in [7, 11) is 0. The SMILES string of the molecule is Cc1ccc(-c2noc(CCC(=O)Nc3cnn(Cc4cn5ccccc5n4)c3)n2)cc1F. The van der Waals surface area contributed by atoms with Gasteiger partial charge in [-0.15, -0.1) is 0 Å². The van der Waals surface area contributed by atoms with E-state index in [4.69, 9.17) is 4.52 Å². The summed E-state index contributed by atoms with van der Waals surface area (Å²) in [5.41, 5.74) is 3.38. The predicted molar refractivity (Wildman–Crippen MR) is 118 cm³/mol. The van der Waals surface area contributed by atoms with Gasteiger partial charge in [0.05, 0.1) is 24.1 Å². The standard InChI is InChI=1S/C23H20FN7O2/c1-15-5-6-16(10-19(15)24)23-28-22(33-29-23)8-7-21(32)27-17-11-25-31(13-17)14-18-12-30-9-3-2-4-20(30)26-18/h2-6,9-13H,7-8,14H2,1H3,(H,27,32). The number of anilines is 1. The van der Waals surface area contributed by atoms with Crippen molar-refractivity contribution in [2.24, 2.45) is 0 Å². The molecule has 0 saturated carbocycles. The van der Waals surface area contributed by atoms with Crippen molar-refractivity contribution < 1.29 is 13.7 Å². The van der Waals surface area contributed by atoms with Crippen molar-refractivity contribution >= 4 is 17.2 Å². The molecule has 0 bridgehead atoms. The number of pyridine rings is 1. The number of aryl methyl sites for hydroxylation is 2. The number of hydrogen-bond donors (Lipinski definition) is 1. The number of imidazole rings is 1. The van der Waals surface area contributed by atoms with Crippen LogP contribution in [0.1, 0.15) is 23.6 Å². The Morgan fingerprint density at radius 2 is 2.09 bits per heavy atom. The number of benzene rings is 1. The van der Waals surface area contributed by atoms with Crippen LogP contribution in [-0.4, -0.2) is 35.2 Å². The molecule has 4 heterocycles. The van der Waals surface area contributed by atoms with E-state index in [0.29, 0.717) is 29.2 Å². The minimum Gasteiger partial charge on any atom is -0.339 e. The van der Waals surface area contributed by atoms with Gasteiger partial charge in [0.25, 0.3) is 0 Å². The van der Waals surface area contributed by atoms with Crippen LogP contribution in [0.15, 0.2) is 65.7 Å². The van der Waals surface area contributed by atoms with Gasteiger partial charge >= 0.3 is 0 Å². The second kappa shape index (κ2) is 8.65. The summed E-state index contributed by atoms with van der Waals surface area (Å²) in [6.45, 7) is 2.17. The van der Waals surface area contributed by atoms with Crippen molar-refractivity contribution in [1.82, 2.24) is 29.3 Å². The number of fused-ring (bicyclic) bond motifs is 1. The van der Waals surface area contributed by atoms with Crippen LogP contribution in [0.25, 0.3) is 17.0 Å². The molecular weight excluding hydrogens is 425 g/mol. The largest absolute Gasteiger partial charge is 0.339 e. The first-order valence-electron chi connectivity index (χ1n) is 10.4. The Balaban J connectivity index is 1.15. The highest BCUT2D eigenvalue weighted by molar-refractivity contribution is 5.90. The summed E-state index contributed by atoms with van der Waals surface area (Å²) >= 11 is 0. The van der Waals surface area contributed by atoms with Crippen molar-refractivity contribution in [3.8, 4) is 11.4 Å². The van der Waals surface area contributed by atoms with Gasteiger partial charge in [0.1, 0.15) is 11.5 Å². The van der Waals surface area contributed by atoms with E-state index in [1.54, 1.807) is 36.1 Å². The van der Waals surface area contributed by atoms with Gasteiger partial charge in [-0.05, 0) is 30.7 Å². The molecule has 9 nitrogen and oxygen atoms in total. The number of rotatable bonds is 7. The fourth-order valence-corrected chi connectivity index (χ4v) is 3.39. The van der Waals surface area contributed by atoms with E-state index < -0.39 is 0 Å². The lowest BCUT2D eigenvalue weighted by Crippen LogP contribution is -2.12. The van der Waals surface area contributed by atoms with Crippen molar-refractivity contribution in [3.05, 3.63) is 84.2 Å². The Kier molecular flexibility index (Phi) is 5.39. The Morgan fingerprint density at radius 3 is 2.94 bits per heavy atom. The summed E-state index contributed by atoms with van der Waals surface area (Å²) < 4.78 is 22.6. The molecule has 33 heavy (non-hydrogen) atoms. The molecule has 166 valence electrons. The number of nitrogens with zero attached hydrogens (tertiary/aromatic N) is 6. The summed E-state index contributed by atoms with van der Waals surface area (Å²) in [4.78, 5) is 21.1. The van der Waals surface area contributed by atoms with Crippen molar-refractivity contribution in [2.75, 3.05) is 5.32 Å². The highest BCUT2D eigenvalue weighted by Crippen LogP contribution is 2.19. The van der Waals surface area contributed by atoms with E-state index in [9.17, 15) is 9.18 Å². The minimum atomic E-state index is -0.333. The van der Waals surface area contributed by atoms with Crippen molar-refractivity contribution in [2.45, 2.75) is 26.3 Å². The first-order valence-corrected chi connectivity index (χ1v) is 10.4. The normalized spacial score (nSPS) is 11.2. The molecule has 0 radical (unpaired) electrons. The second-order valence-corrected chi connectivity index (χ2v) is 7.65. The third-order valence-electron chi connectivity index (χ3n) is 5.12. The van der Waals surface area contributed by atoms with Gasteiger partial charge in [0, 0.05) is 37.0 Å². The molecule has 0 fully saturated rings. The topological polar surface area (TPSA) is 103 Å². The van der Waals surface area contributed by atoms with Gasteiger partial charge in [-0.1, -0.05) is 23.4 Å². The molecule has 10 heteroatoms. The maximum Gasteiger partial charge on any atom is 0.227 e. The van der Waals surface area contributed by atoms with E-state index in [-0.39, 0.29) is 30.4 Å². The van der Waals surface area contributed by atoms with Crippen LogP contribution in [0, 0.1) is 12.7 Å². The first-order chi connectivity index (χ1) is 16.0. The third kappa shape index (κ3) is 4.64. The molecule has 5 aromatic rings. The lowest BCUT2D eigenvalue weighted by molar-refractivity contribution is -0.116. The van der Waals surface area contributed by atoms with E-state index in [2.05, 4.69) is 25.5 Å². The van der Waals surface area contributed by atoms with Crippen LogP contribution in [0.3, 0.4) is 0 Å². The van der Waals surface area contributed by atoms with Gasteiger partial charge in [0.2, 0.25) is 17.6 Å². The molecule has 4 aromatic heterocycles. The zero-order valence-electron chi connectivity index (χ0n) is 17.8. The Bertz CT molecular complexity index is 1400. The van der Waals surface area contributed by atoms with Crippen LogP contribution in [0.5, 0.6) is 0 Å². The van der Waals surface area contributed by atoms with E-state index >= 15 is 0 Å². The van der Waals surface area contributed by atoms with Crippen molar-refractivity contribution in [1.29, 1.82) is 0 Å². The third-order valence-corrected chi connectivity index (χ3v) is 5.12. The molecule has 0 atom stereocenters. The van der Waals surface area contributed by atoms with Gasteiger partial charge in [-0.25, -0.2) is 9.37 Å². The average Bonchev–Trinajstić information content (AvgIpc) is 3.54. The molecule has 1 N–H and O–H groups in total. The number of amides is 1. The first kappa shape index (κ1) is 20.6. The monoisotopic (exact) mass is 445 g/mol. The maximum atomic E-state index is 13.8. The number of carbonyl (C=O) groups is 1. The molecule has 0 aliphatic rings. The van der Waals surface area contributed by atoms with Crippen LogP contribution in [-0.2, 0) is 17.8 Å². The van der Waals surface area contributed by atoms with Crippen LogP contribution >= 0.6 is 0 Å². The highest BCUT2D eigenvalue weighted by atomic mass is 19.1. The van der Waals surface area contributed by atoms with E-state index in [0.717, 1.165) is 11.3 Å². The van der Waals surface area contributed by atoms with Crippen molar-refractivity contribution in [3.63, 3.8) is 0 Å². The number of nitrogens with one attached hydrogen (secondary N) is 1. The predicted octanol–water partition coefficient (Wildman–Crippen LogP) is 3.65. The number of hydrogen-bond acceptors (Lipinski definition) is 6. The van der Waals surface area contributed by atoms with E-state index in [1.807, 2.05) is 35.0 Å². The quantitative estimate of drug-likeness (QED) is 0.410. The van der Waals surface area contributed by atoms with Gasteiger partial charge in [-0.3, -0.25) is 9.48 Å². The maximum absolute atomic E-state index is 13.8. The summed E-state index contributed by atoms with van der Waals surface area (Å²) in [6, 6.07) is 10.6. The second-order valence-electron chi connectivity index (χ2n) is 7.65. The molecule has 5 rings (SSSR count). The van der Waals surface area contributed by atoms with Crippen LogP contribution in [0.4, 0.5) is 10.1 Å². The number of carbonyl (C=O) groups excluding carboxylic acids is 1. The Morgan fingerprint density at radius 1 is 1.18 bits per heavy atom. The van der Waals surface area contributed by atoms with Gasteiger partial charge in [-0.2, -0.15) is 10.1 Å². The molecule has 0 saturated heterocycles. The zero-order valence-corrected chi connectivity index (χ0v) is 17.8. The van der Waals surface area contributed by atoms with Gasteiger partial charge < -0.3 is 14.2 Å². The number of aromatic nitrogens is 6. The zero-order chi connectivity index (χ0) is 22.8. The summed E-state index contributed by atoms with van der Waals surface area (Å²) in [6.07, 6.45) is 7.64. The fraction of sp³-hybridized carbons (Fsp3) is 0.174. The molecule has 0 aliphatic heterocycles. The molecule has 1 aromatic carbocycles. The average molecular weight is 445 g/mol. The summed E-state index contributed by atoms with van der Waals surface area (Å²) in [5, 5.41) is 11.0. The smallest absolute Gasteiger partial charge is 0.227 e. The molecular formula is C23H20FN7O2. The Hall–Kier alpha value is -4.34. The highest BCUT2D eigenvalue weighted by Gasteiger charge is 2.13. The molecule has 0 unspecified atom stereocenters. The molecule has 0 aliphatic carbocycles. The number of halogens is 1. The minimum absolute atomic E-state index is 0.154. The molecule has 1 amide bonds. The van der Waals surface area contributed by atoms with Gasteiger partial charge in [0.15, 0.2) is 0 Å². The van der Waals surface area contributed by atoms with Crippen LogP contribution < -0.4 is 5.32 Å². The summed E-state index contributed by atoms with van der Waals surface area (Å²) in [5.74, 6) is 0.0598. The van der Waals surface area contributed by atoms with E-state index in [1.165, 1.54) is 6.07 Å². The Labute approximate surface area is 187 Å². The lowest BCUT2D eigenvalue weighted by Gasteiger charge is -2.00.